The number of hydrogen-bond donors (Lipinski definition) is 1. The minimum absolute atomic E-state index is 0.0413. The van der Waals surface area contributed by atoms with Gasteiger partial charge in [-0.15, -0.1) is 0 Å². The monoisotopic (exact) mass is 285 g/mol. The number of nitrogens with zero attached hydrogens (tertiary/aromatic N) is 2. The van der Waals surface area contributed by atoms with Crippen molar-refractivity contribution in [2.24, 2.45) is 0 Å². The quantitative estimate of drug-likeness (QED) is 0.891. The van der Waals surface area contributed by atoms with Crippen molar-refractivity contribution in [2.75, 3.05) is 5.32 Å². The molecule has 19 heavy (non-hydrogen) atoms. The van der Waals surface area contributed by atoms with Gasteiger partial charge in [0.1, 0.15) is 5.82 Å². The van der Waals surface area contributed by atoms with E-state index in [1.807, 2.05) is 20.8 Å². The van der Waals surface area contributed by atoms with Crippen LogP contribution in [0.15, 0.2) is 0 Å². The van der Waals surface area contributed by atoms with Crippen molar-refractivity contribution in [2.45, 2.75) is 51.2 Å². The summed E-state index contributed by atoms with van der Waals surface area (Å²) >= 11 is 0. The van der Waals surface area contributed by atoms with Gasteiger partial charge in [-0.1, -0.05) is 6.92 Å². The first-order valence-electron chi connectivity index (χ1n) is 6.25. The van der Waals surface area contributed by atoms with Gasteiger partial charge < -0.3 is 5.32 Å². The van der Waals surface area contributed by atoms with Crippen LogP contribution in [0, 0.1) is 0 Å². The maximum Gasteiger partial charge on any atom is 0.225 e. The minimum Gasteiger partial charge on any atom is -0.311 e. The molecule has 1 aliphatic rings. The highest BCUT2D eigenvalue weighted by atomic mass is 32.2. The third-order valence-electron chi connectivity index (χ3n) is 3.00. The summed E-state index contributed by atoms with van der Waals surface area (Å²) in [4.78, 5) is 11.6. The van der Waals surface area contributed by atoms with Gasteiger partial charge in [0.05, 0.1) is 22.7 Å². The smallest absolute Gasteiger partial charge is 0.225 e. The Morgan fingerprint density at radius 3 is 2.53 bits per heavy atom. The normalized spacial score (nSPS) is 17.3. The Morgan fingerprint density at radius 1 is 1.37 bits per heavy atom. The molecule has 0 radical (unpaired) electrons. The van der Waals surface area contributed by atoms with Gasteiger partial charge in [-0.2, -0.15) is 5.10 Å². The Balaban J connectivity index is 2.52. The lowest BCUT2D eigenvalue weighted by molar-refractivity contribution is -0.115. The summed E-state index contributed by atoms with van der Waals surface area (Å²) in [5.74, 6) is 0.297. The largest absolute Gasteiger partial charge is 0.311 e. The molecule has 0 atom stereocenters. The van der Waals surface area contributed by atoms with Crippen LogP contribution in [-0.2, 0) is 31.7 Å². The molecule has 1 aliphatic heterocycles. The lowest BCUT2D eigenvalue weighted by Crippen LogP contribution is -2.27. The molecule has 1 amide bonds. The fourth-order valence-corrected chi connectivity index (χ4v) is 3.57. The van der Waals surface area contributed by atoms with Gasteiger partial charge in [0.15, 0.2) is 9.84 Å². The Kier molecular flexibility index (Phi) is 3.20. The van der Waals surface area contributed by atoms with E-state index in [0.717, 1.165) is 0 Å². The maximum absolute atomic E-state index is 11.7. The number of carbonyl (C=O) groups is 1. The molecule has 7 heteroatoms. The molecule has 6 nitrogen and oxygen atoms in total. The van der Waals surface area contributed by atoms with E-state index in [-0.39, 0.29) is 23.0 Å². The first-order chi connectivity index (χ1) is 8.64. The number of sulfone groups is 1. The van der Waals surface area contributed by atoms with Crippen LogP contribution in [0.5, 0.6) is 0 Å². The van der Waals surface area contributed by atoms with Gasteiger partial charge in [-0.25, -0.2) is 13.1 Å². The van der Waals surface area contributed by atoms with Crippen LogP contribution in [0.4, 0.5) is 5.82 Å². The number of anilines is 1. The van der Waals surface area contributed by atoms with Crippen LogP contribution in [0.2, 0.25) is 0 Å². The molecule has 0 unspecified atom stereocenters. The van der Waals surface area contributed by atoms with E-state index in [1.54, 1.807) is 11.6 Å². The standard InChI is InChI=1S/C12H19N3O3S/c1-5-10(16)13-11-8-6-19(17,18)7-9(8)14-15(11)12(2,3)4/h5-7H2,1-4H3,(H,13,16). The number of carbonyl (C=O) groups excluding carboxylic acids is 1. The van der Waals surface area contributed by atoms with Gasteiger partial charge in [0.25, 0.3) is 0 Å². The minimum atomic E-state index is -3.12. The second kappa shape index (κ2) is 4.33. The molecule has 0 aliphatic carbocycles. The van der Waals surface area contributed by atoms with Gasteiger partial charge in [0, 0.05) is 12.0 Å². The molecule has 1 N–H and O–H groups in total. The van der Waals surface area contributed by atoms with E-state index in [0.29, 0.717) is 23.5 Å². The molecule has 1 aromatic heterocycles. The van der Waals surface area contributed by atoms with Crippen LogP contribution >= 0.6 is 0 Å². The molecule has 1 aromatic rings. The lowest BCUT2D eigenvalue weighted by Gasteiger charge is -2.23. The molecule has 106 valence electrons. The van der Waals surface area contributed by atoms with Crippen molar-refractivity contribution in [3.05, 3.63) is 11.3 Å². The summed E-state index contributed by atoms with van der Waals surface area (Å²) in [5.41, 5.74) is 0.878. The lowest BCUT2D eigenvalue weighted by atomic mass is 10.1. The van der Waals surface area contributed by atoms with Crippen molar-refractivity contribution < 1.29 is 13.2 Å². The summed E-state index contributed by atoms with van der Waals surface area (Å²) in [7, 11) is -3.12. The molecule has 0 saturated heterocycles. The van der Waals surface area contributed by atoms with Gasteiger partial charge in [-0.3, -0.25) is 4.79 Å². The van der Waals surface area contributed by atoms with Crippen molar-refractivity contribution >= 4 is 21.6 Å². The van der Waals surface area contributed by atoms with Crippen LogP contribution in [0.3, 0.4) is 0 Å². The number of hydrogen-bond acceptors (Lipinski definition) is 4. The van der Waals surface area contributed by atoms with Crippen molar-refractivity contribution in [1.82, 2.24) is 9.78 Å². The summed E-state index contributed by atoms with van der Waals surface area (Å²) in [6.07, 6.45) is 0.344. The van der Waals surface area contributed by atoms with E-state index in [1.165, 1.54) is 0 Å². The van der Waals surface area contributed by atoms with E-state index >= 15 is 0 Å². The summed E-state index contributed by atoms with van der Waals surface area (Å²) in [6.45, 7) is 7.64. The number of rotatable bonds is 2. The van der Waals surface area contributed by atoms with Crippen LogP contribution in [-0.4, -0.2) is 24.1 Å². The third-order valence-corrected chi connectivity index (χ3v) is 4.44. The van der Waals surface area contributed by atoms with Crippen LogP contribution in [0.25, 0.3) is 0 Å². The molecule has 2 heterocycles. The summed E-state index contributed by atoms with van der Waals surface area (Å²) < 4.78 is 25.0. The summed E-state index contributed by atoms with van der Waals surface area (Å²) in [6, 6.07) is 0. The Labute approximate surface area is 113 Å². The fraction of sp³-hybridized carbons (Fsp3) is 0.667. The topological polar surface area (TPSA) is 81.1 Å². The Morgan fingerprint density at radius 2 is 2.00 bits per heavy atom. The predicted molar refractivity (Wildman–Crippen MR) is 72.5 cm³/mol. The number of nitrogens with one attached hydrogen (secondary N) is 1. The predicted octanol–water partition coefficient (Wildman–Crippen LogP) is 1.42. The Bertz CT molecular complexity index is 623. The molecular weight excluding hydrogens is 266 g/mol. The van der Waals surface area contributed by atoms with E-state index in [4.69, 9.17) is 0 Å². The average molecular weight is 285 g/mol. The highest BCUT2D eigenvalue weighted by Crippen LogP contribution is 2.34. The van der Waals surface area contributed by atoms with E-state index < -0.39 is 9.84 Å². The zero-order valence-corrected chi connectivity index (χ0v) is 12.5. The molecule has 0 spiro atoms. The highest BCUT2D eigenvalue weighted by Gasteiger charge is 2.34. The number of fused-ring (bicyclic) bond motifs is 1. The first-order valence-corrected chi connectivity index (χ1v) is 8.07. The molecule has 0 fully saturated rings. The van der Waals surface area contributed by atoms with E-state index in [9.17, 15) is 13.2 Å². The van der Waals surface area contributed by atoms with E-state index in [2.05, 4.69) is 10.4 Å². The summed E-state index contributed by atoms with van der Waals surface area (Å²) in [5, 5.41) is 7.15. The molecule has 0 bridgehead atoms. The average Bonchev–Trinajstić information content (AvgIpc) is 2.71. The molecule has 0 saturated carbocycles. The zero-order valence-electron chi connectivity index (χ0n) is 11.6. The zero-order chi connectivity index (χ0) is 14.4. The Hall–Kier alpha value is -1.37. The highest BCUT2D eigenvalue weighted by molar-refractivity contribution is 7.90. The van der Waals surface area contributed by atoms with Crippen molar-refractivity contribution in [3.8, 4) is 0 Å². The maximum atomic E-state index is 11.7. The fourth-order valence-electron chi connectivity index (χ4n) is 2.08. The van der Waals surface area contributed by atoms with Crippen molar-refractivity contribution in [1.29, 1.82) is 0 Å². The molecular formula is C12H19N3O3S. The van der Waals surface area contributed by atoms with Gasteiger partial charge >= 0.3 is 0 Å². The SMILES string of the molecule is CCC(=O)Nc1c2c(nn1C(C)(C)C)CS(=O)(=O)C2. The van der Waals surface area contributed by atoms with Gasteiger partial charge in [-0.05, 0) is 20.8 Å². The van der Waals surface area contributed by atoms with Crippen LogP contribution < -0.4 is 5.32 Å². The van der Waals surface area contributed by atoms with Crippen LogP contribution in [0.1, 0.15) is 45.4 Å². The third kappa shape index (κ3) is 2.65. The number of amides is 1. The molecule has 0 aromatic carbocycles. The van der Waals surface area contributed by atoms with Gasteiger partial charge in [0.2, 0.25) is 5.91 Å². The van der Waals surface area contributed by atoms with Crippen molar-refractivity contribution in [3.63, 3.8) is 0 Å². The number of aromatic nitrogens is 2. The molecule has 2 rings (SSSR count). The second-order valence-electron chi connectivity index (χ2n) is 5.79. The first kappa shape index (κ1) is 14.0. The second-order valence-corrected chi connectivity index (χ2v) is 7.85.